The van der Waals surface area contributed by atoms with Crippen LogP contribution in [-0.2, 0) is 27.0 Å². The lowest BCUT2D eigenvalue weighted by Crippen LogP contribution is -2.34. The Labute approximate surface area is 252 Å². The van der Waals surface area contributed by atoms with Crippen LogP contribution in [0.2, 0.25) is 0 Å². The van der Waals surface area contributed by atoms with Crippen LogP contribution >= 0.6 is 7.60 Å². The van der Waals surface area contributed by atoms with Crippen LogP contribution in [0.25, 0.3) is 0 Å². The number of hydrogen-bond donors (Lipinski definition) is 9. The van der Waals surface area contributed by atoms with Crippen molar-refractivity contribution in [3.05, 3.63) is 47.5 Å². The van der Waals surface area contributed by atoms with E-state index in [9.17, 15) is 34.6 Å². The monoisotopic (exact) mass is 626 g/mol. The van der Waals surface area contributed by atoms with Crippen molar-refractivity contribution in [3.63, 3.8) is 0 Å². The molecule has 0 radical (unpaired) electrons. The van der Waals surface area contributed by atoms with E-state index in [1.165, 1.54) is 24.3 Å². The quantitative estimate of drug-likeness (QED) is 0.0660. The molecular formula is C29H47N4O9P. The van der Waals surface area contributed by atoms with Crippen molar-refractivity contribution >= 4 is 19.4 Å². The Kier molecular flexibility index (Phi) is 18.0. The molecule has 0 fully saturated rings. The third kappa shape index (κ3) is 18.7. The molecule has 242 valence electrons. The van der Waals surface area contributed by atoms with E-state index < -0.39 is 7.60 Å². The van der Waals surface area contributed by atoms with Gasteiger partial charge in [0.25, 0.3) is 0 Å². The first-order chi connectivity index (χ1) is 20.3. The number of nitrogens with one attached hydrogen (secondary N) is 2. The molecule has 2 amide bonds. The molecule has 0 aliphatic rings. The summed E-state index contributed by atoms with van der Waals surface area (Å²) in [6.07, 6.45) is 4.96. The number of aromatic hydroxyl groups is 4. The number of hydrogen-bond acceptors (Lipinski definition) is 9. The number of aryl methyl sites for hydroxylation is 2. The van der Waals surface area contributed by atoms with E-state index in [1.54, 1.807) is 12.1 Å². The minimum atomic E-state index is -3.64. The average Bonchev–Trinajstić information content (AvgIpc) is 2.93. The number of carbonyl (C=O) groups is 2. The van der Waals surface area contributed by atoms with Crippen LogP contribution in [0.15, 0.2) is 36.4 Å². The van der Waals surface area contributed by atoms with E-state index in [1.807, 2.05) is 4.90 Å². The van der Waals surface area contributed by atoms with Gasteiger partial charge in [-0.2, -0.15) is 0 Å². The second-order valence-electron chi connectivity index (χ2n) is 10.2. The fraction of sp³-hybridized carbons (Fsp3) is 0.517. The lowest BCUT2D eigenvalue weighted by molar-refractivity contribution is -0.131. The van der Waals surface area contributed by atoms with Crippen LogP contribution < -0.4 is 16.4 Å². The fourth-order valence-electron chi connectivity index (χ4n) is 3.97. The molecule has 0 unspecified atom stereocenters. The highest BCUT2D eigenvalue weighted by Gasteiger charge is 2.13. The number of carbonyl (C=O) groups excluding carboxylic acids is 2. The normalized spacial score (nSPS) is 11.0. The topological polar surface area (TPSA) is 226 Å². The van der Waals surface area contributed by atoms with Gasteiger partial charge in [-0.05, 0) is 93.6 Å². The molecule has 0 saturated carbocycles. The standard InChI is InChI=1S/C28H42N4O6.CH5O3P/c29-13-3-18-32(28(38)12-8-22-6-10-24(34)26(36)20-22)17-2-1-14-30-15-4-16-31-27(37)11-7-21-5-9-23(33)25(35)19-21;1-5(2,3)4/h5-6,9-10,19-20,30,33-36H,1-4,7-8,11-18,29H2,(H,31,37);1H3,(H2,2,3,4). The Morgan fingerprint density at radius 1 is 0.767 bits per heavy atom. The summed E-state index contributed by atoms with van der Waals surface area (Å²) in [6.45, 7) is 4.84. The van der Waals surface area contributed by atoms with Crippen LogP contribution in [0, 0.1) is 0 Å². The Morgan fingerprint density at radius 3 is 1.81 bits per heavy atom. The number of phenols is 4. The third-order valence-corrected chi connectivity index (χ3v) is 6.22. The van der Waals surface area contributed by atoms with Gasteiger partial charge in [0.15, 0.2) is 23.0 Å². The average molecular weight is 627 g/mol. The molecule has 43 heavy (non-hydrogen) atoms. The SMILES string of the molecule is CP(=O)(O)O.NCCCN(CCCCNCCCNC(=O)CCc1ccc(O)c(O)c1)C(=O)CCc1ccc(O)c(O)c1. The Morgan fingerprint density at radius 2 is 1.28 bits per heavy atom. The van der Waals surface area contributed by atoms with E-state index in [0.29, 0.717) is 51.9 Å². The largest absolute Gasteiger partial charge is 0.504 e. The Balaban J connectivity index is 0.00000170. The van der Waals surface area contributed by atoms with Gasteiger partial charge in [-0.1, -0.05) is 12.1 Å². The molecule has 10 N–H and O–H groups in total. The molecule has 2 aromatic rings. The minimum absolute atomic E-state index is 0.0527. The van der Waals surface area contributed by atoms with Crippen LogP contribution in [0.1, 0.15) is 49.7 Å². The summed E-state index contributed by atoms with van der Waals surface area (Å²) < 4.78 is 9.33. The van der Waals surface area contributed by atoms with Gasteiger partial charge in [-0.15, -0.1) is 0 Å². The van der Waals surface area contributed by atoms with E-state index in [-0.39, 0.29) is 34.8 Å². The number of nitrogens with zero attached hydrogens (tertiary/aromatic N) is 1. The van der Waals surface area contributed by atoms with E-state index in [0.717, 1.165) is 56.6 Å². The summed E-state index contributed by atoms with van der Waals surface area (Å²) >= 11 is 0. The number of nitrogens with two attached hydrogens (primary N) is 1. The van der Waals surface area contributed by atoms with Crippen molar-refractivity contribution in [3.8, 4) is 23.0 Å². The predicted molar refractivity (Wildman–Crippen MR) is 164 cm³/mol. The van der Waals surface area contributed by atoms with E-state index in [2.05, 4.69) is 10.6 Å². The van der Waals surface area contributed by atoms with Crippen molar-refractivity contribution < 1.29 is 44.4 Å². The number of rotatable bonds is 18. The van der Waals surface area contributed by atoms with Gasteiger partial charge in [0.05, 0.1) is 0 Å². The summed E-state index contributed by atoms with van der Waals surface area (Å²) in [7, 11) is -3.64. The number of phenolic OH excluding ortho intramolecular Hbond substituents is 4. The summed E-state index contributed by atoms with van der Waals surface area (Å²) in [6, 6.07) is 9.17. The molecule has 2 rings (SSSR count). The maximum Gasteiger partial charge on any atom is 0.322 e. The van der Waals surface area contributed by atoms with Crippen molar-refractivity contribution in [2.75, 3.05) is 45.9 Å². The van der Waals surface area contributed by atoms with Gasteiger partial charge in [-0.25, -0.2) is 0 Å². The van der Waals surface area contributed by atoms with Crippen molar-refractivity contribution in [2.45, 2.75) is 51.4 Å². The molecule has 0 aromatic heterocycles. The maximum atomic E-state index is 12.7. The molecule has 0 aliphatic carbocycles. The van der Waals surface area contributed by atoms with Gasteiger partial charge in [0.2, 0.25) is 11.8 Å². The summed E-state index contributed by atoms with van der Waals surface area (Å²) in [5, 5.41) is 44.1. The van der Waals surface area contributed by atoms with Crippen molar-refractivity contribution in [1.82, 2.24) is 15.5 Å². The van der Waals surface area contributed by atoms with E-state index >= 15 is 0 Å². The molecule has 0 saturated heterocycles. The van der Waals surface area contributed by atoms with Gasteiger partial charge in [0, 0.05) is 39.1 Å². The predicted octanol–water partition coefficient (Wildman–Crippen LogP) is 1.92. The second-order valence-corrected chi connectivity index (χ2v) is 11.8. The lowest BCUT2D eigenvalue weighted by atomic mass is 10.1. The first kappa shape index (κ1) is 37.7. The van der Waals surface area contributed by atoms with Crippen molar-refractivity contribution in [1.29, 1.82) is 0 Å². The van der Waals surface area contributed by atoms with Gasteiger partial charge in [-0.3, -0.25) is 14.2 Å². The smallest absolute Gasteiger partial charge is 0.322 e. The zero-order valence-electron chi connectivity index (χ0n) is 24.7. The molecule has 0 spiro atoms. The van der Waals surface area contributed by atoms with E-state index in [4.69, 9.17) is 15.5 Å². The van der Waals surface area contributed by atoms with Crippen LogP contribution in [-0.4, -0.2) is 92.9 Å². The highest BCUT2D eigenvalue weighted by molar-refractivity contribution is 7.50. The Hall–Kier alpha value is -3.35. The highest BCUT2D eigenvalue weighted by Crippen LogP contribution is 2.27. The van der Waals surface area contributed by atoms with Gasteiger partial charge >= 0.3 is 7.60 Å². The molecule has 0 aliphatic heterocycles. The Bertz CT molecular complexity index is 1170. The number of benzene rings is 2. The summed E-state index contributed by atoms with van der Waals surface area (Å²) in [5.74, 6) is -0.715. The molecular weight excluding hydrogens is 579 g/mol. The van der Waals surface area contributed by atoms with Crippen LogP contribution in [0.5, 0.6) is 23.0 Å². The molecule has 14 heteroatoms. The second kappa shape index (κ2) is 20.5. The maximum absolute atomic E-state index is 12.7. The van der Waals surface area contributed by atoms with Gasteiger partial charge < -0.3 is 51.5 Å². The van der Waals surface area contributed by atoms with Crippen LogP contribution in [0.3, 0.4) is 0 Å². The zero-order valence-corrected chi connectivity index (χ0v) is 25.6. The highest BCUT2D eigenvalue weighted by atomic mass is 31.2. The third-order valence-electron chi connectivity index (χ3n) is 6.22. The first-order valence-corrected chi connectivity index (χ1v) is 16.4. The van der Waals surface area contributed by atoms with Crippen molar-refractivity contribution in [2.24, 2.45) is 5.73 Å². The molecule has 0 heterocycles. The van der Waals surface area contributed by atoms with Gasteiger partial charge in [0.1, 0.15) is 0 Å². The number of amides is 2. The zero-order chi connectivity index (χ0) is 32.3. The van der Waals surface area contributed by atoms with Crippen LogP contribution in [0.4, 0.5) is 0 Å². The summed E-state index contributed by atoms with van der Waals surface area (Å²) in [5.41, 5.74) is 7.22. The molecule has 13 nitrogen and oxygen atoms in total. The molecule has 2 aromatic carbocycles. The minimum Gasteiger partial charge on any atom is -0.504 e. The molecule has 0 bridgehead atoms. The summed E-state index contributed by atoms with van der Waals surface area (Å²) in [4.78, 5) is 41.8. The molecule has 0 atom stereocenters. The first-order valence-electron chi connectivity index (χ1n) is 14.3. The lowest BCUT2D eigenvalue weighted by Gasteiger charge is -2.23. The fourth-order valence-corrected chi connectivity index (χ4v) is 3.97. The number of unbranched alkanes of at least 4 members (excludes halogenated alkanes) is 1.